The number of fused-ring (bicyclic) bond motifs is 1. The van der Waals surface area contributed by atoms with Gasteiger partial charge in [0.15, 0.2) is 12.0 Å². The largest absolute Gasteiger partial charge is 0.481 e. The number of methoxy groups -OCH3 is 1. The highest BCUT2D eigenvalue weighted by atomic mass is 16.5. The first-order valence-corrected chi connectivity index (χ1v) is 5.81. The second kappa shape index (κ2) is 4.57. The average Bonchev–Trinajstić information content (AvgIpc) is 2.94. The van der Waals surface area contributed by atoms with E-state index in [0.29, 0.717) is 23.7 Å². The maximum absolute atomic E-state index is 10.7. The number of benzene rings is 1. The van der Waals surface area contributed by atoms with Crippen molar-refractivity contribution < 1.29 is 13.9 Å². The first kappa shape index (κ1) is 11.5. The minimum absolute atomic E-state index is 0.301. The average molecular weight is 253 g/mol. The van der Waals surface area contributed by atoms with Gasteiger partial charge in [0.25, 0.3) is 0 Å². The number of carbonyl (C=O) groups is 1. The van der Waals surface area contributed by atoms with Gasteiger partial charge in [0.1, 0.15) is 5.76 Å². The van der Waals surface area contributed by atoms with Crippen LogP contribution < -0.4 is 4.74 Å². The first-order valence-electron chi connectivity index (χ1n) is 5.81. The van der Waals surface area contributed by atoms with Gasteiger partial charge in [-0.05, 0) is 24.3 Å². The van der Waals surface area contributed by atoms with E-state index in [1.54, 1.807) is 19.2 Å². The summed E-state index contributed by atoms with van der Waals surface area (Å²) in [6.45, 7) is 0. The molecule has 0 aliphatic heterocycles. The lowest BCUT2D eigenvalue weighted by atomic mass is 10.1. The Morgan fingerprint density at radius 1 is 1.16 bits per heavy atom. The highest BCUT2D eigenvalue weighted by Crippen LogP contribution is 2.29. The quantitative estimate of drug-likeness (QED) is 0.672. The van der Waals surface area contributed by atoms with Crippen molar-refractivity contribution in [1.82, 2.24) is 4.98 Å². The third-order valence-corrected chi connectivity index (χ3v) is 2.91. The van der Waals surface area contributed by atoms with Crippen molar-refractivity contribution in [3.63, 3.8) is 0 Å². The van der Waals surface area contributed by atoms with Crippen LogP contribution in [-0.4, -0.2) is 18.4 Å². The minimum Gasteiger partial charge on any atom is -0.481 e. The van der Waals surface area contributed by atoms with E-state index in [1.807, 2.05) is 30.3 Å². The predicted molar refractivity (Wildman–Crippen MR) is 71.4 cm³/mol. The van der Waals surface area contributed by atoms with Crippen molar-refractivity contribution in [1.29, 1.82) is 0 Å². The Balaban J connectivity index is 2.24. The summed E-state index contributed by atoms with van der Waals surface area (Å²) in [5, 5.41) is 0.988. The summed E-state index contributed by atoms with van der Waals surface area (Å²) in [5.74, 6) is 1.46. The summed E-state index contributed by atoms with van der Waals surface area (Å²) >= 11 is 0. The number of hydrogen-bond acceptors (Lipinski definition) is 4. The highest BCUT2D eigenvalue weighted by Gasteiger charge is 2.10. The second-order valence-corrected chi connectivity index (χ2v) is 4.05. The Labute approximate surface area is 109 Å². The van der Waals surface area contributed by atoms with E-state index in [1.165, 1.54) is 0 Å². The van der Waals surface area contributed by atoms with Crippen molar-refractivity contribution in [2.45, 2.75) is 0 Å². The lowest BCUT2D eigenvalue weighted by Gasteiger charge is -2.05. The lowest BCUT2D eigenvalue weighted by molar-refractivity contribution is 0.110. The van der Waals surface area contributed by atoms with Gasteiger partial charge in [-0.3, -0.25) is 4.79 Å². The van der Waals surface area contributed by atoms with Crippen LogP contribution in [0.2, 0.25) is 0 Å². The smallest absolute Gasteiger partial charge is 0.213 e. The summed E-state index contributed by atoms with van der Waals surface area (Å²) in [4.78, 5) is 15.1. The zero-order valence-corrected chi connectivity index (χ0v) is 10.3. The molecule has 94 valence electrons. The fraction of sp³-hybridized carbons (Fsp3) is 0.0667. The summed E-state index contributed by atoms with van der Waals surface area (Å²) < 4.78 is 10.6. The first-order chi connectivity index (χ1) is 9.31. The summed E-state index contributed by atoms with van der Waals surface area (Å²) in [6.07, 6.45) is 0.683. The van der Waals surface area contributed by atoms with E-state index in [4.69, 9.17) is 9.15 Å². The van der Waals surface area contributed by atoms with Crippen LogP contribution in [-0.2, 0) is 0 Å². The molecule has 19 heavy (non-hydrogen) atoms. The van der Waals surface area contributed by atoms with Crippen molar-refractivity contribution in [3.8, 4) is 17.2 Å². The maximum Gasteiger partial charge on any atom is 0.213 e. The molecule has 0 N–H and O–H groups in total. The molecule has 0 aliphatic rings. The zero-order valence-electron chi connectivity index (χ0n) is 10.3. The molecule has 0 amide bonds. The van der Waals surface area contributed by atoms with Gasteiger partial charge in [0.05, 0.1) is 12.6 Å². The van der Waals surface area contributed by atoms with Crippen LogP contribution in [0.3, 0.4) is 0 Å². The number of rotatable bonds is 3. The number of aldehydes is 1. The molecule has 1 aromatic carbocycles. The SMILES string of the molecule is COc1ccc2cccc(-c3ccc(C=O)o3)c2n1. The standard InChI is InChI=1S/C15H11NO3/c1-18-14-8-5-10-3-2-4-12(15(10)16-14)13-7-6-11(9-17)19-13/h2-9H,1H3. The number of para-hydroxylation sites is 1. The molecule has 0 saturated heterocycles. The number of pyridine rings is 1. The van der Waals surface area contributed by atoms with E-state index in [9.17, 15) is 4.79 Å². The van der Waals surface area contributed by atoms with Gasteiger partial charge in [0.2, 0.25) is 5.88 Å². The third kappa shape index (κ3) is 1.97. The van der Waals surface area contributed by atoms with Gasteiger partial charge in [-0.25, -0.2) is 4.98 Å². The normalized spacial score (nSPS) is 10.6. The second-order valence-electron chi connectivity index (χ2n) is 4.05. The molecule has 0 radical (unpaired) electrons. The van der Waals surface area contributed by atoms with E-state index in [-0.39, 0.29) is 0 Å². The number of aromatic nitrogens is 1. The van der Waals surface area contributed by atoms with Gasteiger partial charge in [-0.15, -0.1) is 0 Å². The number of furan rings is 1. The summed E-state index contributed by atoms with van der Waals surface area (Å²) in [6, 6.07) is 13.0. The molecule has 2 aromatic heterocycles. The summed E-state index contributed by atoms with van der Waals surface area (Å²) in [5.41, 5.74) is 1.62. The minimum atomic E-state index is 0.301. The number of carbonyl (C=O) groups excluding carboxylic acids is 1. The van der Waals surface area contributed by atoms with Gasteiger partial charge in [0, 0.05) is 17.0 Å². The molecular formula is C15H11NO3. The maximum atomic E-state index is 10.7. The lowest BCUT2D eigenvalue weighted by Crippen LogP contribution is -1.89. The van der Waals surface area contributed by atoms with E-state index in [0.717, 1.165) is 16.5 Å². The Bertz CT molecular complexity index is 746. The molecule has 0 fully saturated rings. The van der Waals surface area contributed by atoms with Gasteiger partial charge < -0.3 is 9.15 Å². The molecule has 0 bridgehead atoms. The molecule has 3 aromatic rings. The zero-order chi connectivity index (χ0) is 13.2. The Kier molecular flexibility index (Phi) is 2.76. The fourth-order valence-electron chi connectivity index (χ4n) is 2.00. The predicted octanol–water partition coefficient (Wildman–Crippen LogP) is 3.32. The monoisotopic (exact) mass is 253 g/mol. The van der Waals surface area contributed by atoms with Crippen LogP contribution in [0.25, 0.3) is 22.2 Å². The van der Waals surface area contributed by atoms with Crippen LogP contribution in [0.15, 0.2) is 46.9 Å². The fourth-order valence-corrected chi connectivity index (χ4v) is 2.00. The Hall–Kier alpha value is -2.62. The van der Waals surface area contributed by atoms with Crippen LogP contribution >= 0.6 is 0 Å². The van der Waals surface area contributed by atoms with E-state index >= 15 is 0 Å². The molecule has 0 spiro atoms. The van der Waals surface area contributed by atoms with Crippen molar-refractivity contribution in [3.05, 3.63) is 48.2 Å². The molecule has 0 unspecified atom stereocenters. The molecule has 4 heteroatoms. The van der Waals surface area contributed by atoms with Crippen LogP contribution in [0, 0.1) is 0 Å². The van der Waals surface area contributed by atoms with Gasteiger partial charge >= 0.3 is 0 Å². The molecule has 4 nitrogen and oxygen atoms in total. The van der Waals surface area contributed by atoms with Crippen LogP contribution in [0.5, 0.6) is 5.88 Å². The molecular weight excluding hydrogens is 242 g/mol. The molecule has 3 rings (SSSR count). The Morgan fingerprint density at radius 2 is 2.05 bits per heavy atom. The van der Waals surface area contributed by atoms with Crippen LogP contribution in [0.4, 0.5) is 0 Å². The van der Waals surface area contributed by atoms with Crippen molar-refractivity contribution in [2.24, 2.45) is 0 Å². The highest BCUT2D eigenvalue weighted by molar-refractivity contribution is 5.93. The molecule has 0 saturated carbocycles. The number of nitrogens with zero attached hydrogens (tertiary/aromatic N) is 1. The van der Waals surface area contributed by atoms with Crippen molar-refractivity contribution >= 4 is 17.2 Å². The molecule has 0 aliphatic carbocycles. The number of ether oxygens (including phenoxy) is 1. The van der Waals surface area contributed by atoms with E-state index < -0.39 is 0 Å². The van der Waals surface area contributed by atoms with E-state index in [2.05, 4.69) is 4.98 Å². The molecule has 2 heterocycles. The van der Waals surface area contributed by atoms with Gasteiger partial charge in [-0.2, -0.15) is 0 Å². The number of hydrogen-bond donors (Lipinski definition) is 0. The topological polar surface area (TPSA) is 52.3 Å². The third-order valence-electron chi connectivity index (χ3n) is 2.91. The van der Waals surface area contributed by atoms with Gasteiger partial charge in [-0.1, -0.05) is 12.1 Å². The summed E-state index contributed by atoms with van der Waals surface area (Å²) in [7, 11) is 1.58. The van der Waals surface area contributed by atoms with Crippen molar-refractivity contribution in [2.75, 3.05) is 7.11 Å². The van der Waals surface area contributed by atoms with Crippen LogP contribution in [0.1, 0.15) is 10.6 Å². The Morgan fingerprint density at radius 3 is 2.79 bits per heavy atom. The molecule has 0 atom stereocenters.